The van der Waals surface area contributed by atoms with Gasteiger partial charge >= 0.3 is 0 Å². The maximum atomic E-state index is 14.5. The standard InChI is InChI=1S/C36H48O8/c1-17(2)22-14-20(13-21(38)11-12-33(6,7)8)28(39)25-23(22)15-34(9)16-35(10)26(18(3)4)29(40)24(19(5)37)31(42)36(35,44)32(43)27(34)30(25)41/h14,17-18,24,26-27,39,44H,11-13,15-16H2,1-10H3/t24?,26?,27?,34-,35-,36+/m1/s1. The zero-order valence-electron chi connectivity index (χ0n) is 27.8. The number of hydrogen-bond acceptors (Lipinski definition) is 8. The largest absolute Gasteiger partial charge is 0.507 e. The lowest BCUT2D eigenvalue weighted by Gasteiger charge is -2.62. The number of rotatable bonds is 7. The van der Waals surface area contributed by atoms with Crippen LogP contribution in [0.5, 0.6) is 5.75 Å². The van der Waals surface area contributed by atoms with Crippen LogP contribution in [0.3, 0.4) is 0 Å². The molecule has 0 amide bonds. The highest BCUT2D eigenvalue weighted by atomic mass is 16.3. The number of Topliss-reactive ketones (excluding diaryl/α,β-unsaturated/α-hetero) is 6. The van der Waals surface area contributed by atoms with Crippen molar-refractivity contribution in [2.75, 3.05) is 0 Å². The number of hydrogen-bond donors (Lipinski definition) is 2. The molecule has 2 fully saturated rings. The molecular formula is C36H48O8. The molecule has 0 aromatic heterocycles. The second-order valence-corrected chi connectivity index (χ2v) is 16.1. The van der Waals surface area contributed by atoms with Crippen molar-refractivity contribution in [3.05, 3.63) is 28.3 Å². The topological polar surface area (TPSA) is 143 Å². The summed E-state index contributed by atoms with van der Waals surface area (Å²) >= 11 is 0. The summed E-state index contributed by atoms with van der Waals surface area (Å²) < 4.78 is 0. The number of carbonyl (C=O) groups is 6. The number of ketones is 6. The van der Waals surface area contributed by atoms with Gasteiger partial charge in [-0.25, -0.2) is 0 Å². The van der Waals surface area contributed by atoms with Crippen molar-refractivity contribution in [2.24, 2.45) is 39.9 Å². The summed E-state index contributed by atoms with van der Waals surface area (Å²) in [5, 5.41) is 23.7. The van der Waals surface area contributed by atoms with E-state index in [1.54, 1.807) is 33.8 Å². The summed E-state index contributed by atoms with van der Waals surface area (Å²) in [6.07, 6.45) is 1.10. The Kier molecular flexibility index (Phi) is 8.33. The summed E-state index contributed by atoms with van der Waals surface area (Å²) in [6.45, 7) is 18.0. The van der Waals surface area contributed by atoms with Gasteiger partial charge in [-0.05, 0) is 60.0 Å². The Morgan fingerprint density at radius 3 is 2.11 bits per heavy atom. The van der Waals surface area contributed by atoms with Gasteiger partial charge in [-0.3, -0.25) is 28.8 Å². The fourth-order valence-electron chi connectivity index (χ4n) is 8.75. The van der Waals surface area contributed by atoms with E-state index < -0.39 is 69.0 Å². The van der Waals surface area contributed by atoms with E-state index in [1.165, 1.54) is 0 Å². The molecule has 6 atom stereocenters. The van der Waals surface area contributed by atoms with Crippen molar-refractivity contribution < 1.29 is 39.0 Å². The zero-order chi connectivity index (χ0) is 33.5. The second kappa shape index (κ2) is 10.8. The first-order valence-corrected chi connectivity index (χ1v) is 15.8. The molecule has 3 aliphatic carbocycles. The first-order chi connectivity index (χ1) is 20.0. The van der Waals surface area contributed by atoms with Gasteiger partial charge in [-0.15, -0.1) is 0 Å². The van der Waals surface area contributed by atoms with Crippen molar-refractivity contribution in [3.8, 4) is 5.75 Å². The molecular weight excluding hydrogens is 560 g/mol. The highest BCUT2D eigenvalue weighted by Gasteiger charge is 2.76. The molecule has 0 radical (unpaired) electrons. The van der Waals surface area contributed by atoms with Crippen LogP contribution in [0, 0.1) is 39.9 Å². The van der Waals surface area contributed by atoms with E-state index in [2.05, 4.69) is 0 Å². The lowest BCUT2D eigenvalue weighted by Crippen LogP contribution is -2.76. The summed E-state index contributed by atoms with van der Waals surface area (Å²) in [7, 11) is 0. The number of aromatic hydroxyl groups is 1. The van der Waals surface area contributed by atoms with Crippen LogP contribution in [0.1, 0.15) is 121 Å². The third kappa shape index (κ3) is 4.92. The van der Waals surface area contributed by atoms with Crippen molar-refractivity contribution in [1.29, 1.82) is 0 Å². The van der Waals surface area contributed by atoms with Gasteiger partial charge in [-0.2, -0.15) is 0 Å². The predicted molar refractivity (Wildman–Crippen MR) is 164 cm³/mol. The molecule has 44 heavy (non-hydrogen) atoms. The molecule has 0 spiro atoms. The molecule has 0 aliphatic heterocycles. The van der Waals surface area contributed by atoms with E-state index in [0.29, 0.717) is 24.0 Å². The number of benzene rings is 1. The minimum absolute atomic E-state index is 0.00831. The van der Waals surface area contributed by atoms with Crippen LogP contribution in [0.25, 0.3) is 0 Å². The van der Waals surface area contributed by atoms with Crippen molar-refractivity contribution in [2.45, 2.75) is 113 Å². The molecule has 4 rings (SSSR count). The Bertz CT molecular complexity index is 1480. The van der Waals surface area contributed by atoms with Crippen molar-refractivity contribution >= 4 is 34.7 Å². The molecule has 0 heterocycles. The highest BCUT2D eigenvalue weighted by molar-refractivity contribution is 6.32. The molecule has 3 aliphatic rings. The SMILES string of the molecule is CC(=O)C1C(=O)C(C(C)C)[C@@]2(C)C[C@@]3(C)Cc4c(C(C)C)cc(CC(=O)CCC(C)(C)C)c(O)c4C(=O)C3C(=O)[C@@]2(O)C1=O. The van der Waals surface area contributed by atoms with E-state index in [9.17, 15) is 39.0 Å². The van der Waals surface area contributed by atoms with Gasteiger partial charge < -0.3 is 10.2 Å². The first-order valence-electron chi connectivity index (χ1n) is 15.8. The van der Waals surface area contributed by atoms with Crippen molar-refractivity contribution in [3.63, 3.8) is 0 Å². The van der Waals surface area contributed by atoms with Crippen LogP contribution >= 0.6 is 0 Å². The molecule has 3 unspecified atom stereocenters. The number of aliphatic hydroxyl groups is 1. The van der Waals surface area contributed by atoms with Crippen LogP contribution in [0.15, 0.2) is 6.07 Å². The van der Waals surface area contributed by atoms with E-state index in [1.807, 2.05) is 34.6 Å². The zero-order valence-corrected chi connectivity index (χ0v) is 27.8. The molecule has 1 aromatic rings. The fourth-order valence-corrected chi connectivity index (χ4v) is 8.75. The number of carbonyl (C=O) groups excluding carboxylic acids is 6. The quantitative estimate of drug-likeness (QED) is 0.405. The lowest BCUT2D eigenvalue weighted by molar-refractivity contribution is -0.205. The highest BCUT2D eigenvalue weighted by Crippen LogP contribution is 2.64. The molecule has 8 nitrogen and oxygen atoms in total. The molecule has 2 N–H and O–H groups in total. The maximum absolute atomic E-state index is 14.5. The summed E-state index contributed by atoms with van der Waals surface area (Å²) in [6, 6.07) is 1.79. The average Bonchev–Trinajstić information content (AvgIpc) is 2.85. The minimum atomic E-state index is -2.74. The van der Waals surface area contributed by atoms with E-state index in [-0.39, 0.29) is 47.7 Å². The van der Waals surface area contributed by atoms with Gasteiger partial charge in [0, 0.05) is 29.7 Å². The summed E-state index contributed by atoms with van der Waals surface area (Å²) in [5.74, 6) is -9.38. The molecule has 2 saturated carbocycles. The molecule has 240 valence electrons. The van der Waals surface area contributed by atoms with Crippen LogP contribution in [-0.2, 0) is 36.8 Å². The van der Waals surface area contributed by atoms with Gasteiger partial charge in [0.15, 0.2) is 28.7 Å². The van der Waals surface area contributed by atoms with Crippen LogP contribution in [0.4, 0.5) is 0 Å². The van der Waals surface area contributed by atoms with E-state index in [0.717, 1.165) is 12.5 Å². The van der Waals surface area contributed by atoms with Gasteiger partial charge in [0.2, 0.25) is 0 Å². The normalized spacial score (nSPS) is 32.1. The van der Waals surface area contributed by atoms with Crippen molar-refractivity contribution in [1.82, 2.24) is 0 Å². The lowest BCUT2D eigenvalue weighted by atomic mass is 9.39. The summed E-state index contributed by atoms with van der Waals surface area (Å²) in [5.41, 5.74) is -3.78. The number of phenolic OH excluding ortho intramolecular Hbond substituents is 1. The first kappa shape index (κ1) is 33.9. The van der Waals surface area contributed by atoms with E-state index in [4.69, 9.17) is 0 Å². The van der Waals surface area contributed by atoms with Gasteiger partial charge in [0.1, 0.15) is 23.2 Å². The predicted octanol–water partition coefficient (Wildman–Crippen LogP) is 5.15. The van der Waals surface area contributed by atoms with Gasteiger partial charge in [0.25, 0.3) is 0 Å². The molecule has 8 heteroatoms. The van der Waals surface area contributed by atoms with Crippen LogP contribution < -0.4 is 0 Å². The smallest absolute Gasteiger partial charge is 0.190 e. The monoisotopic (exact) mass is 608 g/mol. The van der Waals surface area contributed by atoms with Crippen LogP contribution in [-0.4, -0.2) is 50.5 Å². The number of phenols is 1. The average molecular weight is 609 g/mol. The second-order valence-electron chi connectivity index (χ2n) is 16.1. The Morgan fingerprint density at radius 2 is 1.61 bits per heavy atom. The molecule has 0 saturated heterocycles. The third-order valence-corrected chi connectivity index (χ3v) is 10.7. The third-order valence-electron chi connectivity index (χ3n) is 10.7. The maximum Gasteiger partial charge on any atom is 0.190 e. The fraction of sp³-hybridized carbons (Fsp3) is 0.667. The number of fused-ring (bicyclic) bond motifs is 3. The summed E-state index contributed by atoms with van der Waals surface area (Å²) in [4.78, 5) is 82.1. The van der Waals surface area contributed by atoms with Crippen LogP contribution in [0.2, 0.25) is 0 Å². The van der Waals surface area contributed by atoms with Gasteiger partial charge in [-0.1, -0.05) is 68.4 Å². The van der Waals surface area contributed by atoms with E-state index >= 15 is 0 Å². The molecule has 0 bridgehead atoms. The molecule has 1 aromatic carbocycles. The Labute approximate surface area is 260 Å². The Morgan fingerprint density at radius 1 is 1.02 bits per heavy atom. The Hall–Kier alpha value is -3.00. The van der Waals surface area contributed by atoms with Gasteiger partial charge in [0.05, 0.1) is 11.5 Å². The Balaban J connectivity index is 1.90. The minimum Gasteiger partial charge on any atom is -0.507 e.